The maximum Gasteiger partial charge on any atom is 0.411 e. The molecule has 0 bridgehead atoms. The van der Waals surface area contributed by atoms with Gasteiger partial charge in [0.15, 0.2) is 5.82 Å². The van der Waals surface area contributed by atoms with Crippen LogP contribution in [0.15, 0.2) is 30.5 Å². The van der Waals surface area contributed by atoms with Gasteiger partial charge in [-0.05, 0) is 40.5 Å². The number of nitrogens with zero attached hydrogens (tertiary/aromatic N) is 4. The summed E-state index contributed by atoms with van der Waals surface area (Å²) in [6.45, 7) is 9.16. The standard InChI is InChI=1S/C23H28N4O3/c1-15-7-9-16(10-8-15)20-24-13-17-18(25-20)14-27(22(29)30-23(2,3)4)19(17)21(28)26-11-5-6-12-26/h7-10,13,19H,5-6,11-12,14H2,1-4H3/t19-/m1/s1. The summed E-state index contributed by atoms with van der Waals surface area (Å²) in [6.07, 6.45) is 3.16. The van der Waals surface area contributed by atoms with E-state index in [0.717, 1.165) is 37.1 Å². The predicted octanol–water partition coefficient (Wildman–Crippen LogP) is 3.87. The van der Waals surface area contributed by atoms with Crippen molar-refractivity contribution in [3.05, 3.63) is 47.3 Å². The van der Waals surface area contributed by atoms with Crippen molar-refractivity contribution >= 4 is 12.0 Å². The zero-order valence-corrected chi connectivity index (χ0v) is 18.0. The number of carbonyl (C=O) groups excluding carboxylic acids is 2. The molecule has 0 spiro atoms. The summed E-state index contributed by atoms with van der Waals surface area (Å²) in [4.78, 5) is 38.8. The highest BCUT2D eigenvalue weighted by Crippen LogP contribution is 2.36. The maximum absolute atomic E-state index is 13.3. The van der Waals surface area contributed by atoms with Gasteiger partial charge in [-0.25, -0.2) is 14.8 Å². The Balaban J connectivity index is 1.69. The molecule has 0 saturated carbocycles. The Morgan fingerprint density at radius 1 is 1.10 bits per heavy atom. The van der Waals surface area contributed by atoms with Gasteiger partial charge in [0.05, 0.1) is 12.2 Å². The van der Waals surface area contributed by atoms with E-state index < -0.39 is 17.7 Å². The molecule has 1 atom stereocenters. The van der Waals surface area contributed by atoms with E-state index in [1.165, 1.54) is 4.90 Å². The van der Waals surface area contributed by atoms with Gasteiger partial charge in [0, 0.05) is 30.4 Å². The van der Waals surface area contributed by atoms with Crippen molar-refractivity contribution in [2.24, 2.45) is 0 Å². The second-order valence-corrected chi connectivity index (χ2v) is 9.00. The van der Waals surface area contributed by atoms with Crippen molar-refractivity contribution in [2.45, 2.75) is 58.7 Å². The van der Waals surface area contributed by atoms with Crippen LogP contribution in [0.4, 0.5) is 4.79 Å². The number of likely N-dealkylation sites (tertiary alicyclic amines) is 1. The van der Waals surface area contributed by atoms with Crippen LogP contribution in [0.2, 0.25) is 0 Å². The molecule has 2 aliphatic rings. The van der Waals surface area contributed by atoms with E-state index in [0.29, 0.717) is 17.1 Å². The molecule has 0 N–H and O–H groups in total. The first kappa shape index (κ1) is 20.3. The highest BCUT2D eigenvalue weighted by molar-refractivity contribution is 5.88. The summed E-state index contributed by atoms with van der Waals surface area (Å²) in [5.41, 5.74) is 2.80. The van der Waals surface area contributed by atoms with Crippen molar-refractivity contribution in [3.63, 3.8) is 0 Å². The highest BCUT2D eigenvalue weighted by atomic mass is 16.6. The van der Waals surface area contributed by atoms with E-state index in [4.69, 9.17) is 9.72 Å². The third kappa shape index (κ3) is 4.01. The summed E-state index contributed by atoms with van der Waals surface area (Å²) in [5, 5.41) is 0. The largest absolute Gasteiger partial charge is 0.444 e. The second-order valence-electron chi connectivity index (χ2n) is 9.00. The molecular weight excluding hydrogens is 380 g/mol. The van der Waals surface area contributed by atoms with E-state index in [2.05, 4.69) is 4.98 Å². The lowest BCUT2D eigenvalue weighted by Gasteiger charge is -2.30. The summed E-state index contributed by atoms with van der Waals surface area (Å²) in [6, 6.07) is 7.24. The maximum atomic E-state index is 13.3. The van der Waals surface area contributed by atoms with Gasteiger partial charge in [0.1, 0.15) is 11.6 Å². The number of fused-ring (bicyclic) bond motifs is 1. The van der Waals surface area contributed by atoms with Crippen LogP contribution in [-0.2, 0) is 16.1 Å². The summed E-state index contributed by atoms with van der Waals surface area (Å²) in [5.74, 6) is 0.510. The topological polar surface area (TPSA) is 75.6 Å². The summed E-state index contributed by atoms with van der Waals surface area (Å²) >= 11 is 0. The Hall–Kier alpha value is -2.96. The fourth-order valence-electron chi connectivity index (χ4n) is 3.91. The molecule has 2 aromatic rings. The van der Waals surface area contributed by atoms with Gasteiger partial charge in [-0.1, -0.05) is 29.8 Å². The molecule has 0 radical (unpaired) electrons. The number of hydrogen-bond acceptors (Lipinski definition) is 5. The molecule has 7 nitrogen and oxygen atoms in total. The quantitative estimate of drug-likeness (QED) is 0.754. The van der Waals surface area contributed by atoms with Crippen LogP contribution >= 0.6 is 0 Å². The first-order chi connectivity index (χ1) is 14.2. The molecule has 4 rings (SSSR count). The lowest BCUT2D eigenvalue weighted by atomic mass is 10.1. The van der Waals surface area contributed by atoms with Crippen LogP contribution < -0.4 is 0 Å². The molecule has 1 saturated heterocycles. The van der Waals surface area contributed by atoms with Crippen LogP contribution in [0.5, 0.6) is 0 Å². The van der Waals surface area contributed by atoms with E-state index in [1.54, 1.807) is 6.20 Å². The number of rotatable bonds is 2. The second kappa shape index (κ2) is 7.70. The smallest absolute Gasteiger partial charge is 0.411 e. The fraction of sp³-hybridized carbons (Fsp3) is 0.478. The van der Waals surface area contributed by atoms with Crippen molar-refractivity contribution in [3.8, 4) is 11.4 Å². The number of aromatic nitrogens is 2. The zero-order valence-electron chi connectivity index (χ0n) is 18.0. The van der Waals surface area contributed by atoms with Crippen LogP contribution in [-0.4, -0.2) is 50.5 Å². The first-order valence-electron chi connectivity index (χ1n) is 10.4. The number of carbonyl (C=O) groups is 2. The first-order valence-corrected chi connectivity index (χ1v) is 10.4. The van der Waals surface area contributed by atoms with E-state index in [1.807, 2.05) is 56.9 Å². The SMILES string of the molecule is Cc1ccc(-c2ncc3c(n2)CN(C(=O)OC(C)(C)C)[C@H]3C(=O)N2CCCC2)cc1. The molecule has 1 fully saturated rings. The predicted molar refractivity (Wildman–Crippen MR) is 113 cm³/mol. The minimum Gasteiger partial charge on any atom is -0.444 e. The number of hydrogen-bond donors (Lipinski definition) is 0. The molecular formula is C23H28N4O3. The Morgan fingerprint density at radius 2 is 1.77 bits per heavy atom. The van der Waals surface area contributed by atoms with Gasteiger partial charge < -0.3 is 9.64 Å². The van der Waals surface area contributed by atoms with Gasteiger partial charge in [0.25, 0.3) is 0 Å². The van der Waals surface area contributed by atoms with Crippen molar-refractivity contribution in [1.29, 1.82) is 0 Å². The lowest BCUT2D eigenvalue weighted by Crippen LogP contribution is -2.43. The fourth-order valence-corrected chi connectivity index (χ4v) is 3.91. The molecule has 0 aliphatic carbocycles. The third-order valence-electron chi connectivity index (χ3n) is 5.42. The molecule has 30 heavy (non-hydrogen) atoms. The molecule has 2 aliphatic heterocycles. The van der Waals surface area contributed by atoms with Gasteiger partial charge >= 0.3 is 6.09 Å². The van der Waals surface area contributed by atoms with Crippen LogP contribution in [0, 0.1) is 6.92 Å². The van der Waals surface area contributed by atoms with Crippen LogP contribution in [0.25, 0.3) is 11.4 Å². The van der Waals surface area contributed by atoms with Gasteiger partial charge in [-0.3, -0.25) is 9.69 Å². The minimum atomic E-state index is -0.736. The Morgan fingerprint density at radius 3 is 2.40 bits per heavy atom. The average Bonchev–Trinajstić information content (AvgIpc) is 3.34. The molecule has 7 heteroatoms. The van der Waals surface area contributed by atoms with E-state index in [-0.39, 0.29) is 12.5 Å². The molecule has 1 aromatic heterocycles. The Kier molecular flexibility index (Phi) is 5.22. The zero-order chi connectivity index (χ0) is 21.5. The number of ether oxygens (including phenoxy) is 1. The van der Waals surface area contributed by atoms with Crippen molar-refractivity contribution < 1.29 is 14.3 Å². The molecule has 3 heterocycles. The molecule has 2 amide bonds. The van der Waals surface area contributed by atoms with Crippen molar-refractivity contribution in [2.75, 3.05) is 13.1 Å². The lowest BCUT2D eigenvalue weighted by molar-refractivity contribution is -0.135. The Labute approximate surface area is 177 Å². The summed E-state index contributed by atoms with van der Waals surface area (Å²) in [7, 11) is 0. The third-order valence-corrected chi connectivity index (χ3v) is 5.42. The van der Waals surface area contributed by atoms with Crippen LogP contribution in [0.3, 0.4) is 0 Å². The van der Waals surface area contributed by atoms with Gasteiger partial charge in [-0.2, -0.15) is 0 Å². The normalized spacial score (nSPS) is 18.5. The van der Waals surface area contributed by atoms with E-state index in [9.17, 15) is 9.59 Å². The van der Waals surface area contributed by atoms with Crippen molar-refractivity contribution in [1.82, 2.24) is 19.8 Å². The average molecular weight is 409 g/mol. The molecule has 1 aromatic carbocycles. The highest BCUT2D eigenvalue weighted by Gasteiger charge is 2.43. The minimum absolute atomic E-state index is 0.0798. The summed E-state index contributed by atoms with van der Waals surface area (Å²) < 4.78 is 5.59. The van der Waals surface area contributed by atoms with Crippen LogP contribution in [0.1, 0.15) is 56.5 Å². The Bertz CT molecular complexity index is 959. The van der Waals surface area contributed by atoms with Gasteiger partial charge in [0.2, 0.25) is 5.91 Å². The van der Waals surface area contributed by atoms with E-state index >= 15 is 0 Å². The number of aryl methyl sites for hydroxylation is 1. The molecule has 158 valence electrons. The van der Waals surface area contributed by atoms with Gasteiger partial charge in [-0.15, -0.1) is 0 Å². The monoisotopic (exact) mass is 408 g/mol. The molecule has 0 unspecified atom stereocenters. The number of amides is 2. The number of benzene rings is 1.